The molecule has 0 atom stereocenters. The number of fused-ring (bicyclic) bond motifs is 10. The SMILES string of the molecule is c1ccc(-c2nc(-c3ccc4c(ccc5ccc6c(c54)-c4ccccc4C6)c3)nc(-c3ccc4c5ccccc5n(-c5ccccc5)c4c3)n2)cc1. The van der Waals surface area contributed by atoms with Crippen LogP contribution < -0.4 is 0 Å². The first-order chi connectivity index (χ1) is 25.8. The van der Waals surface area contributed by atoms with E-state index in [0.29, 0.717) is 17.5 Å². The molecule has 0 unspecified atom stereocenters. The molecule has 4 nitrogen and oxygen atoms in total. The van der Waals surface area contributed by atoms with Crippen LogP contribution in [0.1, 0.15) is 11.1 Å². The number of rotatable bonds is 4. The molecule has 0 aliphatic heterocycles. The van der Waals surface area contributed by atoms with Gasteiger partial charge in [0, 0.05) is 33.2 Å². The maximum atomic E-state index is 5.19. The minimum absolute atomic E-state index is 0.642. The summed E-state index contributed by atoms with van der Waals surface area (Å²) in [7, 11) is 0. The van der Waals surface area contributed by atoms with Crippen molar-refractivity contribution in [2.24, 2.45) is 0 Å². The van der Waals surface area contributed by atoms with Gasteiger partial charge in [-0.1, -0.05) is 140 Å². The summed E-state index contributed by atoms with van der Waals surface area (Å²) < 4.78 is 2.33. The summed E-state index contributed by atoms with van der Waals surface area (Å²) >= 11 is 0. The lowest BCUT2D eigenvalue weighted by molar-refractivity contribution is 1.07. The van der Waals surface area contributed by atoms with E-state index in [2.05, 4.69) is 156 Å². The van der Waals surface area contributed by atoms with Crippen molar-refractivity contribution in [3.05, 3.63) is 181 Å². The van der Waals surface area contributed by atoms with E-state index in [0.717, 1.165) is 34.3 Å². The molecular formula is C48H30N4. The molecule has 52 heavy (non-hydrogen) atoms. The van der Waals surface area contributed by atoms with Crippen LogP contribution in [-0.4, -0.2) is 19.5 Å². The second kappa shape index (κ2) is 11.3. The summed E-state index contributed by atoms with van der Waals surface area (Å²) in [5.74, 6) is 1.94. The van der Waals surface area contributed by atoms with Crippen molar-refractivity contribution in [2.45, 2.75) is 6.42 Å². The topological polar surface area (TPSA) is 43.6 Å². The smallest absolute Gasteiger partial charge is 0.164 e. The van der Waals surface area contributed by atoms with E-state index in [9.17, 15) is 0 Å². The van der Waals surface area contributed by atoms with Crippen LogP contribution in [0.5, 0.6) is 0 Å². The molecular weight excluding hydrogens is 633 g/mol. The van der Waals surface area contributed by atoms with E-state index in [1.807, 2.05) is 18.2 Å². The minimum Gasteiger partial charge on any atom is -0.309 e. The third-order valence-corrected chi connectivity index (χ3v) is 10.6. The Kier molecular flexibility index (Phi) is 6.28. The average molecular weight is 663 g/mol. The Morgan fingerprint density at radius 1 is 0.404 bits per heavy atom. The molecule has 0 N–H and O–H groups in total. The van der Waals surface area contributed by atoms with Crippen LogP contribution >= 0.6 is 0 Å². The summed E-state index contributed by atoms with van der Waals surface area (Å²) in [6.07, 6.45) is 0.976. The highest BCUT2D eigenvalue weighted by molar-refractivity contribution is 6.16. The lowest BCUT2D eigenvalue weighted by Crippen LogP contribution is -2.00. The van der Waals surface area contributed by atoms with Crippen molar-refractivity contribution in [1.29, 1.82) is 0 Å². The molecule has 0 bridgehead atoms. The molecule has 10 aromatic rings. The lowest BCUT2D eigenvalue weighted by Gasteiger charge is -2.13. The molecule has 0 radical (unpaired) electrons. The minimum atomic E-state index is 0.642. The first-order valence-electron chi connectivity index (χ1n) is 17.7. The molecule has 1 aliphatic carbocycles. The molecule has 0 saturated carbocycles. The number of benzene rings is 8. The largest absolute Gasteiger partial charge is 0.309 e. The zero-order valence-electron chi connectivity index (χ0n) is 28.2. The number of para-hydroxylation sites is 2. The van der Waals surface area contributed by atoms with Gasteiger partial charge in [-0.3, -0.25) is 0 Å². The maximum Gasteiger partial charge on any atom is 0.164 e. The Morgan fingerprint density at radius 2 is 1.02 bits per heavy atom. The Morgan fingerprint density at radius 3 is 1.85 bits per heavy atom. The zero-order chi connectivity index (χ0) is 34.2. The fraction of sp³-hybridized carbons (Fsp3) is 0.0208. The quantitative estimate of drug-likeness (QED) is 0.176. The van der Waals surface area contributed by atoms with E-state index >= 15 is 0 Å². The zero-order valence-corrected chi connectivity index (χ0v) is 28.2. The first kappa shape index (κ1) is 28.9. The fourth-order valence-corrected chi connectivity index (χ4v) is 8.23. The van der Waals surface area contributed by atoms with Crippen molar-refractivity contribution in [3.63, 3.8) is 0 Å². The third kappa shape index (κ3) is 4.44. The summed E-state index contributed by atoms with van der Waals surface area (Å²) in [5, 5.41) is 7.39. The van der Waals surface area contributed by atoms with E-state index in [1.165, 1.54) is 60.1 Å². The van der Waals surface area contributed by atoms with Gasteiger partial charge in [-0.15, -0.1) is 0 Å². The van der Waals surface area contributed by atoms with Crippen LogP contribution in [0.3, 0.4) is 0 Å². The van der Waals surface area contributed by atoms with Crippen molar-refractivity contribution >= 4 is 43.4 Å². The highest BCUT2D eigenvalue weighted by atomic mass is 15.0. The molecule has 2 aromatic heterocycles. The molecule has 0 fully saturated rings. The summed E-state index contributed by atoms with van der Waals surface area (Å²) in [6, 6.07) is 60.4. The fourth-order valence-electron chi connectivity index (χ4n) is 8.23. The normalized spacial score (nSPS) is 12.2. The van der Waals surface area contributed by atoms with E-state index in [1.54, 1.807) is 0 Å². The van der Waals surface area contributed by atoms with Gasteiger partial charge < -0.3 is 4.57 Å². The Hall–Kier alpha value is -6.91. The first-order valence-corrected chi connectivity index (χ1v) is 17.7. The van der Waals surface area contributed by atoms with Gasteiger partial charge in [0.05, 0.1) is 11.0 Å². The monoisotopic (exact) mass is 662 g/mol. The summed E-state index contributed by atoms with van der Waals surface area (Å²) in [5.41, 5.74) is 11.7. The van der Waals surface area contributed by atoms with Crippen LogP contribution in [0.4, 0.5) is 0 Å². The molecule has 2 heterocycles. The van der Waals surface area contributed by atoms with Crippen LogP contribution in [0.15, 0.2) is 170 Å². The predicted molar refractivity (Wildman–Crippen MR) is 214 cm³/mol. The van der Waals surface area contributed by atoms with Gasteiger partial charge in [0.25, 0.3) is 0 Å². The van der Waals surface area contributed by atoms with Gasteiger partial charge in [-0.2, -0.15) is 0 Å². The van der Waals surface area contributed by atoms with Crippen LogP contribution in [0.25, 0.3) is 94.3 Å². The van der Waals surface area contributed by atoms with E-state index in [-0.39, 0.29) is 0 Å². The van der Waals surface area contributed by atoms with Crippen molar-refractivity contribution in [1.82, 2.24) is 19.5 Å². The molecule has 11 rings (SSSR count). The van der Waals surface area contributed by atoms with Gasteiger partial charge in [0.2, 0.25) is 0 Å². The van der Waals surface area contributed by atoms with Gasteiger partial charge in [0.1, 0.15) is 0 Å². The maximum absolute atomic E-state index is 5.19. The highest BCUT2D eigenvalue weighted by Crippen LogP contribution is 2.44. The van der Waals surface area contributed by atoms with Crippen LogP contribution in [0, 0.1) is 0 Å². The summed E-state index contributed by atoms with van der Waals surface area (Å²) in [4.78, 5) is 15.4. The molecule has 4 heteroatoms. The molecule has 8 aromatic carbocycles. The molecule has 242 valence electrons. The van der Waals surface area contributed by atoms with Crippen molar-refractivity contribution in [2.75, 3.05) is 0 Å². The van der Waals surface area contributed by atoms with Crippen molar-refractivity contribution in [3.8, 4) is 51.0 Å². The van der Waals surface area contributed by atoms with E-state index in [4.69, 9.17) is 15.0 Å². The number of hydrogen-bond donors (Lipinski definition) is 0. The molecule has 1 aliphatic rings. The second-order valence-corrected chi connectivity index (χ2v) is 13.6. The van der Waals surface area contributed by atoms with Gasteiger partial charge in [0.15, 0.2) is 17.5 Å². The number of hydrogen-bond acceptors (Lipinski definition) is 3. The predicted octanol–water partition coefficient (Wildman–Crippen LogP) is 11.8. The van der Waals surface area contributed by atoms with Crippen LogP contribution in [0.2, 0.25) is 0 Å². The molecule has 0 saturated heterocycles. The second-order valence-electron chi connectivity index (χ2n) is 13.6. The average Bonchev–Trinajstić information content (AvgIpc) is 3.76. The molecule has 0 spiro atoms. The standard InChI is InChI=1S/C48H30N4/c1-3-11-31(12-4-1)46-49-47(35-23-25-39-33(28-35)21-19-30-20-22-34-27-32-13-7-8-16-38(32)45(34)44(30)39)51-48(50-46)36-24-26-41-40-17-9-10-18-42(40)52(43(41)29-36)37-14-5-2-6-15-37/h1-26,28-29H,27H2. The van der Waals surface area contributed by atoms with Crippen molar-refractivity contribution < 1.29 is 0 Å². The van der Waals surface area contributed by atoms with E-state index < -0.39 is 0 Å². The highest BCUT2D eigenvalue weighted by Gasteiger charge is 2.22. The Balaban J connectivity index is 1.11. The van der Waals surface area contributed by atoms with Gasteiger partial charge >= 0.3 is 0 Å². The Labute approximate surface area is 300 Å². The summed E-state index contributed by atoms with van der Waals surface area (Å²) in [6.45, 7) is 0. The number of aromatic nitrogens is 4. The van der Waals surface area contributed by atoms with Crippen LogP contribution in [-0.2, 0) is 6.42 Å². The van der Waals surface area contributed by atoms with Gasteiger partial charge in [-0.05, 0) is 80.6 Å². The van der Waals surface area contributed by atoms with Gasteiger partial charge in [-0.25, -0.2) is 15.0 Å². The lowest BCUT2D eigenvalue weighted by atomic mass is 9.92. The number of nitrogens with zero attached hydrogens (tertiary/aromatic N) is 4. The Bertz CT molecular complexity index is 3030. The third-order valence-electron chi connectivity index (χ3n) is 10.6. The molecule has 0 amide bonds.